The van der Waals surface area contributed by atoms with Crippen molar-refractivity contribution in [3.05, 3.63) is 54.1 Å². The molecule has 0 spiro atoms. The Kier molecular flexibility index (Phi) is 2.53. The highest BCUT2D eigenvalue weighted by atomic mass is 32.1. The zero-order chi connectivity index (χ0) is 13.5. The van der Waals surface area contributed by atoms with Crippen LogP contribution in [-0.2, 0) is 6.42 Å². The summed E-state index contributed by atoms with van der Waals surface area (Å²) in [4.78, 5) is 2.13. The Morgan fingerprint density at radius 3 is 2.80 bits per heavy atom. The topological polar surface area (TPSA) is 34.0 Å². The van der Waals surface area contributed by atoms with Crippen LogP contribution >= 0.6 is 12.2 Å². The molecule has 0 fully saturated rings. The first-order valence-corrected chi connectivity index (χ1v) is 6.95. The number of nitrogens with zero attached hydrogens (tertiary/aromatic N) is 4. The van der Waals surface area contributed by atoms with E-state index in [0.717, 1.165) is 24.0 Å². The van der Waals surface area contributed by atoms with Crippen LogP contribution < -0.4 is 4.90 Å². The van der Waals surface area contributed by atoms with Crippen LogP contribution in [0.1, 0.15) is 5.56 Å². The number of hydrogen-bond acceptors (Lipinski definition) is 3. The Morgan fingerprint density at radius 1 is 1.05 bits per heavy atom. The third kappa shape index (κ3) is 1.63. The summed E-state index contributed by atoms with van der Waals surface area (Å²) < 4.78 is 1.74. The molecule has 1 aliphatic heterocycles. The Morgan fingerprint density at radius 2 is 1.85 bits per heavy atom. The van der Waals surface area contributed by atoms with E-state index in [4.69, 9.17) is 12.2 Å². The molecule has 0 radical (unpaired) electrons. The van der Waals surface area contributed by atoms with E-state index in [9.17, 15) is 0 Å². The van der Waals surface area contributed by atoms with Crippen LogP contribution in [-0.4, -0.2) is 26.7 Å². The molecular weight excluding hydrogens is 268 g/mol. The number of benzene rings is 2. The van der Waals surface area contributed by atoms with Crippen LogP contribution in [0.3, 0.4) is 0 Å². The van der Waals surface area contributed by atoms with Gasteiger partial charge in [0.1, 0.15) is 5.52 Å². The molecule has 0 saturated carbocycles. The summed E-state index contributed by atoms with van der Waals surface area (Å²) in [5, 5.41) is 9.05. The van der Waals surface area contributed by atoms with Crippen molar-refractivity contribution >= 4 is 34.1 Å². The molecule has 5 heteroatoms. The number of fused-ring (bicyclic) bond motifs is 2. The molecule has 0 atom stereocenters. The molecule has 0 N–H and O–H groups in total. The maximum atomic E-state index is 5.62. The van der Waals surface area contributed by atoms with Crippen LogP contribution in [0.2, 0.25) is 0 Å². The molecule has 0 bridgehead atoms. The Hall–Kier alpha value is -2.27. The van der Waals surface area contributed by atoms with Gasteiger partial charge in [0.05, 0.1) is 5.52 Å². The second-order valence-electron chi connectivity index (χ2n) is 4.80. The zero-order valence-electron chi connectivity index (χ0n) is 10.7. The minimum atomic E-state index is 0.684. The molecule has 0 saturated heterocycles. The molecule has 0 amide bonds. The summed E-state index contributed by atoms with van der Waals surface area (Å²) in [5.74, 6) is 0. The largest absolute Gasteiger partial charge is 0.316 e. The molecule has 2 heterocycles. The van der Waals surface area contributed by atoms with Crippen LogP contribution in [0.5, 0.6) is 0 Å². The van der Waals surface area contributed by atoms with E-state index in [2.05, 4.69) is 33.4 Å². The monoisotopic (exact) mass is 280 g/mol. The Bertz CT molecular complexity index is 808. The fraction of sp³-hybridized carbons (Fsp3) is 0.133. The van der Waals surface area contributed by atoms with Crippen molar-refractivity contribution in [2.24, 2.45) is 0 Å². The van der Waals surface area contributed by atoms with Crippen molar-refractivity contribution in [2.45, 2.75) is 6.42 Å². The lowest BCUT2D eigenvalue weighted by Crippen LogP contribution is -2.33. The Balaban J connectivity index is 1.79. The van der Waals surface area contributed by atoms with Gasteiger partial charge in [0.15, 0.2) is 0 Å². The highest BCUT2D eigenvalue weighted by Crippen LogP contribution is 2.28. The van der Waals surface area contributed by atoms with Crippen molar-refractivity contribution in [2.75, 3.05) is 11.4 Å². The molecule has 0 aliphatic carbocycles. The van der Waals surface area contributed by atoms with Gasteiger partial charge in [-0.05, 0) is 42.4 Å². The lowest BCUT2D eigenvalue weighted by Gasteiger charge is -2.19. The molecule has 3 aromatic rings. The van der Waals surface area contributed by atoms with Crippen molar-refractivity contribution < 1.29 is 0 Å². The van der Waals surface area contributed by atoms with Crippen molar-refractivity contribution in [3.63, 3.8) is 0 Å². The van der Waals surface area contributed by atoms with Gasteiger partial charge < -0.3 is 4.90 Å². The predicted molar refractivity (Wildman–Crippen MR) is 83.0 cm³/mol. The maximum Gasteiger partial charge on any atom is 0.203 e. The molecule has 4 nitrogen and oxygen atoms in total. The predicted octanol–water partition coefficient (Wildman–Crippen LogP) is 2.63. The van der Waals surface area contributed by atoms with Crippen LogP contribution in [0.25, 0.3) is 11.0 Å². The van der Waals surface area contributed by atoms with Gasteiger partial charge in [-0.25, -0.2) is 0 Å². The van der Waals surface area contributed by atoms with E-state index in [1.165, 1.54) is 11.3 Å². The maximum absolute atomic E-state index is 5.62. The lowest BCUT2D eigenvalue weighted by molar-refractivity contribution is 0.847. The normalized spacial score (nSPS) is 13.7. The fourth-order valence-electron chi connectivity index (χ4n) is 2.66. The standard InChI is InChI=1S/C15H12N4S/c20-15(18-10-9-11-5-1-3-7-13(11)18)19-14-8-4-2-6-12(14)16-17-19/h1-8H,9-10H2. The smallest absolute Gasteiger partial charge is 0.203 e. The highest BCUT2D eigenvalue weighted by molar-refractivity contribution is 7.80. The van der Waals surface area contributed by atoms with Gasteiger partial charge in [0.25, 0.3) is 0 Å². The molecule has 1 aromatic heterocycles. The summed E-state index contributed by atoms with van der Waals surface area (Å²) in [7, 11) is 0. The molecule has 1 aliphatic rings. The first-order chi connectivity index (χ1) is 9.84. The molecule has 0 unspecified atom stereocenters. The van der Waals surface area contributed by atoms with E-state index in [1.807, 2.05) is 30.3 Å². The molecule has 20 heavy (non-hydrogen) atoms. The SMILES string of the molecule is S=C(N1CCc2ccccc21)n1nnc2ccccc21. The number of thiocarbonyl (C=S) groups is 1. The number of para-hydroxylation sites is 2. The molecule has 98 valence electrons. The quantitative estimate of drug-likeness (QED) is 0.593. The first-order valence-electron chi connectivity index (χ1n) is 6.55. The van der Waals surface area contributed by atoms with Crippen molar-refractivity contribution in [1.29, 1.82) is 0 Å². The average molecular weight is 280 g/mol. The minimum Gasteiger partial charge on any atom is -0.316 e. The lowest BCUT2D eigenvalue weighted by atomic mass is 10.2. The van der Waals surface area contributed by atoms with Gasteiger partial charge in [-0.15, -0.1) is 5.10 Å². The number of anilines is 1. The summed E-state index contributed by atoms with van der Waals surface area (Å²) in [6, 6.07) is 16.2. The second kappa shape index (κ2) is 4.38. The minimum absolute atomic E-state index is 0.684. The van der Waals surface area contributed by atoms with E-state index in [0.29, 0.717) is 5.11 Å². The van der Waals surface area contributed by atoms with Gasteiger partial charge in [-0.1, -0.05) is 35.5 Å². The molecule has 4 rings (SSSR count). The first kappa shape index (κ1) is 11.5. The number of aromatic nitrogens is 3. The van der Waals surface area contributed by atoms with E-state index < -0.39 is 0 Å². The van der Waals surface area contributed by atoms with Gasteiger partial charge in [0, 0.05) is 12.2 Å². The van der Waals surface area contributed by atoms with Gasteiger partial charge in [0.2, 0.25) is 5.11 Å². The van der Waals surface area contributed by atoms with Gasteiger partial charge in [-0.3, -0.25) is 0 Å². The van der Waals surface area contributed by atoms with Crippen LogP contribution in [0.15, 0.2) is 48.5 Å². The average Bonchev–Trinajstić information content (AvgIpc) is 3.11. The Labute approximate surface area is 121 Å². The second-order valence-corrected chi connectivity index (χ2v) is 5.17. The zero-order valence-corrected chi connectivity index (χ0v) is 11.5. The fourth-order valence-corrected chi connectivity index (χ4v) is 2.99. The van der Waals surface area contributed by atoms with Gasteiger partial charge >= 0.3 is 0 Å². The molecular formula is C15H12N4S. The number of hydrogen-bond donors (Lipinski definition) is 0. The highest BCUT2D eigenvalue weighted by Gasteiger charge is 2.24. The summed E-state index contributed by atoms with van der Waals surface area (Å²) in [6.07, 6.45) is 1.02. The van der Waals surface area contributed by atoms with Gasteiger partial charge in [-0.2, -0.15) is 4.68 Å². The summed E-state index contributed by atoms with van der Waals surface area (Å²) in [5.41, 5.74) is 4.32. The van der Waals surface area contributed by atoms with Crippen LogP contribution in [0.4, 0.5) is 5.69 Å². The summed E-state index contributed by atoms with van der Waals surface area (Å²) >= 11 is 5.62. The number of rotatable bonds is 0. The van der Waals surface area contributed by atoms with Crippen molar-refractivity contribution in [3.8, 4) is 0 Å². The molecule has 2 aromatic carbocycles. The van der Waals surface area contributed by atoms with E-state index >= 15 is 0 Å². The van der Waals surface area contributed by atoms with E-state index in [-0.39, 0.29) is 0 Å². The van der Waals surface area contributed by atoms with E-state index in [1.54, 1.807) is 4.68 Å². The third-order valence-electron chi connectivity index (χ3n) is 3.65. The summed E-state index contributed by atoms with van der Waals surface area (Å²) in [6.45, 7) is 0.895. The van der Waals surface area contributed by atoms with Crippen LogP contribution in [0, 0.1) is 0 Å². The third-order valence-corrected chi connectivity index (χ3v) is 4.04. The van der Waals surface area contributed by atoms with Crippen molar-refractivity contribution in [1.82, 2.24) is 15.0 Å².